The normalized spacial score (nSPS) is 13.6. The molecule has 5 rings (SSSR count). The van der Waals surface area contributed by atoms with E-state index in [4.69, 9.17) is 4.98 Å². The predicted octanol–water partition coefficient (Wildman–Crippen LogP) is 5.59. The summed E-state index contributed by atoms with van der Waals surface area (Å²) in [5, 5.41) is 7.27. The van der Waals surface area contributed by atoms with E-state index in [1.54, 1.807) is 11.3 Å². The fraction of sp³-hybridized carbons (Fsp3) is 0.333. The average Bonchev–Trinajstić information content (AvgIpc) is 3.43. The highest BCUT2D eigenvalue weighted by Gasteiger charge is 2.28. The van der Waals surface area contributed by atoms with Gasteiger partial charge in [0.15, 0.2) is 0 Å². The van der Waals surface area contributed by atoms with Gasteiger partial charge in [-0.1, -0.05) is 24.3 Å². The van der Waals surface area contributed by atoms with Crippen LogP contribution in [0.5, 0.6) is 0 Å². The number of thiazole rings is 1. The molecule has 0 unspecified atom stereocenters. The van der Waals surface area contributed by atoms with Gasteiger partial charge < -0.3 is 5.32 Å². The number of aryl methyl sites for hydroxylation is 3. The van der Waals surface area contributed by atoms with Crippen molar-refractivity contribution in [3.63, 3.8) is 0 Å². The van der Waals surface area contributed by atoms with Crippen LogP contribution in [0.25, 0.3) is 21.5 Å². The quantitative estimate of drug-likeness (QED) is 0.417. The van der Waals surface area contributed by atoms with Crippen molar-refractivity contribution in [2.24, 2.45) is 0 Å². The van der Waals surface area contributed by atoms with Crippen LogP contribution in [0.3, 0.4) is 0 Å². The van der Waals surface area contributed by atoms with E-state index in [-0.39, 0.29) is 5.91 Å². The SMILES string of the molecule is Cc1nc(-c2ccc(CCNC(=O)c3sc4nc(C5CC5)nc(C)c4c3C)cc2)cs1. The van der Waals surface area contributed by atoms with Gasteiger partial charge in [-0.2, -0.15) is 0 Å². The highest BCUT2D eigenvalue weighted by Crippen LogP contribution is 2.40. The first-order chi connectivity index (χ1) is 15.0. The molecule has 0 aliphatic heterocycles. The Bertz CT molecular complexity index is 1270. The fourth-order valence-corrected chi connectivity index (χ4v) is 5.62. The topological polar surface area (TPSA) is 67.8 Å². The summed E-state index contributed by atoms with van der Waals surface area (Å²) in [5.74, 6) is 1.42. The lowest BCUT2D eigenvalue weighted by Crippen LogP contribution is -2.25. The first kappa shape index (κ1) is 20.3. The van der Waals surface area contributed by atoms with E-state index in [1.807, 2.05) is 20.8 Å². The largest absolute Gasteiger partial charge is 0.351 e. The number of hydrogen-bond acceptors (Lipinski definition) is 6. The van der Waals surface area contributed by atoms with Crippen molar-refractivity contribution in [2.45, 2.75) is 46.0 Å². The minimum Gasteiger partial charge on any atom is -0.351 e. The van der Waals surface area contributed by atoms with Gasteiger partial charge in [0.25, 0.3) is 5.91 Å². The van der Waals surface area contributed by atoms with Gasteiger partial charge in [-0.15, -0.1) is 22.7 Å². The Morgan fingerprint density at radius 3 is 2.55 bits per heavy atom. The van der Waals surface area contributed by atoms with Crippen molar-refractivity contribution in [3.8, 4) is 11.3 Å². The molecule has 158 valence electrons. The molecule has 7 heteroatoms. The number of fused-ring (bicyclic) bond motifs is 1. The highest BCUT2D eigenvalue weighted by molar-refractivity contribution is 7.20. The summed E-state index contributed by atoms with van der Waals surface area (Å²) in [6, 6.07) is 8.42. The maximum absolute atomic E-state index is 12.9. The number of rotatable bonds is 6. The molecular formula is C24H24N4OS2. The molecule has 1 N–H and O–H groups in total. The first-order valence-corrected chi connectivity index (χ1v) is 12.3. The molecule has 31 heavy (non-hydrogen) atoms. The van der Waals surface area contributed by atoms with E-state index in [0.717, 1.165) is 54.9 Å². The van der Waals surface area contributed by atoms with Gasteiger partial charge in [-0.3, -0.25) is 4.79 Å². The number of thiophene rings is 1. The van der Waals surface area contributed by atoms with Crippen LogP contribution in [0.1, 0.15) is 56.1 Å². The Hall–Kier alpha value is -2.64. The molecule has 0 saturated heterocycles. The van der Waals surface area contributed by atoms with Gasteiger partial charge in [0, 0.05) is 28.8 Å². The molecule has 3 heterocycles. The number of hydrogen-bond donors (Lipinski definition) is 1. The third-order valence-electron chi connectivity index (χ3n) is 5.71. The minimum atomic E-state index is -0.0255. The van der Waals surface area contributed by atoms with E-state index in [0.29, 0.717) is 12.5 Å². The smallest absolute Gasteiger partial charge is 0.261 e. The molecule has 0 atom stereocenters. The van der Waals surface area contributed by atoms with Crippen LogP contribution in [0.4, 0.5) is 0 Å². The molecule has 1 aliphatic rings. The van der Waals surface area contributed by atoms with Crippen LogP contribution in [0, 0.1) is 20.8 Å². The molecule has 0 bridgehead atoms. The van der Waals surface area contributed by atoms with E-state index >= 15 is 0 Å². The summed E-state index contributed by atoms with van der Waals surface area (Å²) >= 11 is 3.15. The lowest BCUT2D eigenvalue weighted by Gasteiger charge is -2.06. The maximum Gasteiger partial charge on any atom is 0.261 e. The van der Waals surface area contributed by atoms with Gasteiger partial charge in [0.2, 0.25) is 0 Å². The number of amides is 1. The second-order valence-corrected chi connectivity index (χ2v) is 10.2. The number of aromatic nitrogens is 3. The van der Waals surface area contributed by atoms with Gasteiger partial charge in [0.1, 0.15) is 10.7 Å². The van der Waals surface area contributed by atoms with E-state index in [1.165, 1.54) is 29.7 Å². The Balaban J connectivity index is 1.25. The Kier molecular flexibility index (Phi) is 5.32. The second kappa shape index (κ2) is 8.13. The third kappa shape index (κ3) is 4.12. The molecule has 0 radical (unpaired) electrons. The van der Waals surface area contributed by atoms with E-state index < -0.39 is 0 Å². The monoisotopic (exact) mass is 448 g/mol. The molecular weight excluding hydrogens is 424 g/mol. The summed E-state index contributed by atoms with van der Waals surface area (Å²) in [6.45, 7) is 6.64. The number of carbonyl (C=O) groups excluding carboxylic acids is 1. The Labute approximate surface area is 189 Å². The standard InChI is InChI=1S/C24H24N4OS2/c1-13-20-14(2)26-22(18-8-9-18)28-24(20)31-21(13)23(29)25-11-10-16-4-6-17(7-5-16)19-12-30-15(3)27-19/h4-7,12,18H,8-11H2,1-3H3,(H,25,29). The molecule has 1 saturated carbocycles. The number of nitrogens with one attached hydrogen (secondary N) is 1. The van der Waals surface area contributed by atoms with Gasteiger partial charge in [0.05, 0.1) is 21.3 Å². The van der Waals surface area contributed by atoms with Crippen molar-refractivity contribution < 1.29 is 4.79 Å². The summed E-state index contributed by atoms with van der Waals surface area (Å²) in [5.41, 5.74) is 5.31. The summed E-state index contributed by atoms with van der Waals surface area (Å²) in [6.07, 6.45) is 3.14. The molecule has 0 spiro atoms. The van der Waals surface area contributed by atoms with Gasteiger partial charge >= 0.3 is 0 Å². The average molecular weight is 449 g/mol. The summed E-state index contributed by atoms with van der Waals surface area (Å²) < 4.78 is 0. The van der Waals surface area contributed by atoms with Crippen molar-refractivity contribution in [1.82, 2.24) is 20.3 Å². The molecule has 1 amide bonds. The van der Waals surface area contributed by atoms with E-state index in [9.17, 15) is 4.79 Å². The minimum absolute atomic E-state index is 0.0255. The van der Waals surface area contributed by atoms with Crippen LogP contribution in [-0.4, -0.2) is 27.4 Å². The van der Waals surface area contributed by atoms with Crippen LogP contribution in [-0.2, 0) is 6.42 Å². The third-order valence-corrected chi connectivity index (χ3v) is 7.66. The molecule has 1 aromatic carbocycles. The van der Waals surface area contributed by atoms with Crippen LogP contribution < -0.4 is 5.32 Å². The van der Waals surface area contributed by atoms with Crippen LogP contribution in [0.15, 0.2) is 29.6 Å². The zero-order valence-electron chi connectivity index (χ0n) is 17.9. The number of benzene rings is 1. The molecule has 5 nitrogen and oxygen atoms in total. The van der Waals surface area contributed by atoms with Crippen molar-refractivity contribution >= 4 is 38.8 Å². The van der Waals surface area contributed by atoms with Crippen LogP contribution >= 0.6 is 22.7 Å². The summed E-state index contributed by atoms with van der Waals surface area (Å²) in [7, 11) is 0. The lowest BCUT2D eigenvalue weighted by molar-refractivity contribution is 0.0957. The second-order valence-electron chi connectivity index (χ2n) is 8.13. The van der Waals surface area contributed by atoms with Gasteiger partial charge in [-0.05, 0) is 51.2 Å². The Morgan fingerprint density at radius 1 is 1.10 bits per heavy atom. The molecule has 4 aromatic rings. The fourth-order valence-electron chi connectivity index (χ4n) is 3.84. The van der Waals surface area contributed by atoms with Crippen LogP contribution in [0.2, 0.25) is 0 Å². The molecule has 3 aromatic heterocycles. The molecule has 1 aliphatic carbocycles. The zero-order valence-corrected chi connectivity index (χ0v) is 19.5. The van der Waals surface area contributed by atoms with Crippen molar-refractivity contribution in [1.29, 1.82) is 0 Å². The molecule has 1 fully saturated rings. The predicted molar refractivity (Wildman–Crippen MR) is 127 cm³/mol. The lowest BCUT2D eigenvalue weighted by atomic mass is 10.1. The highest BCUT2D eigenvalue weighted by atomic mass is 32.1. The van der Waals surface area contributed by atoms with E-state index in [2.05, 4.69) is 44.9 Å². The first-order valence-electron chi connectivity index (χ1n) is 10.6. The maximum atomic E-state index is 12.9. The van der Waals surface area contributed by atoms with Crippen molar-refractivity contribution in [3.05, 3.63) is 62.2 Å². The van der Waals surface area contributed by atoms with Crippen molar-refractivity contribution in [2.75, 3.05) is 6.54 Å². The zero-order chi connectivity index (χ0) is 21.5. The number of carbonyl (C=O) groups is 1. The summed E-state index contributed by atoms with van der Waals surface area (Å²) in [4.78, 5) is 28.5. The Morgan fingerprint density at radius 2 is 1.87 bits per heavy atom. The van der Waals surface area contributed by atoms with Gasteiger partial charge in [-0.25, -0.2) is 15.0 Å². The number of nitrogens with zero attached hydrogens (tertiary/aromatic N) is 3.